The number of nitrogens with two attached hydrogens (primary N) is 1. The zero-order valence-corrected chi connectivity index (χ0v) is 68.1. The number of likely N-dealkylation sites (N-methyl/N-ethyl adjacent to an activating group) is 1. The van der Waals surface area contributed by atoms with Crippen LogP contribution in [0.2, 0.25) is 10.0 Å². The number of sulfonamides is 1. The van der Waals surface area contributed by atoms with Crippen molar-refractivity contribution in [2.45, 2.75) is 194 Å². The third-order valence-corrected chi connectivity index (χ3v) is 23.5. The van der Waals surface area contributed by atoms with Crippen LogP contribution in [-0.4, -0.2) is 214 Å². The average Bonchev–Trinajstić information content (AvgIpc) is 1.21. The molecule has 41 heteroatoms. The van der Waals surface area contributed by atoms with E-state index in [0.717, 1.165) is 79.9 Å². The number of aromatic hydroxyl groups is 3. The summed E-state index contributed by atoms with van der Waals surface area (Å²) < 4.78 is 80.1. The fourth-order valence-electron chi connectivity index (χ4n) is 15.1. The molecule has 18 atom stereocenters. The molecule has 8 amide bonds. The Labute approximate surface area is 701 Å². The van der Waals surface area contributed by atoms with Crippen LogP contribution in [0.25, 0.3) is 11.1 Å². The number of ether oxygens (including phenoxy) is 8. The molecule has 0 radical (unpaired) electrons. The smallest absolute Gasteiger partial charge is 0.408 e. The first-order chi connectivity index (χ1) is 57.4. The maximum absolute atomic E-state index is 16.4. The first-order valence-corrected chi connectivity index (χ1v) is 40.9. The zero-order valence-electron chi connectivity index (χ0n) is 65.7. The molecule has 121 heavy (non-hydrogen) atoms. The van der Waals surface area contributed by atoms with Crippen LogP contribution in [0.15, 0.2) is 102 Å². The summed E-state index contributed by atoms with van der Waals surface area (Å²) in [4.78, 5) is 132. The Morgan fingerprint density at radius 1 is 0.727 bits per heavy atom. The van der Waals surface area contributed by atoms with Crippen LogP contribution in [0.5, 0.6) is 51.7 Å². The molecule has 8 aliphatic rings. The number of rotatable bonds is 23. The minimum Gasteiger partial charge on any atom is -0.508 e. The molecule has 0 aliphatic carbocycles. The summed E-state index contributed by atoms with van der Waals surface area (Å²) in [6.45, 7) is 7.65. The molecule has 8 aliphatic heterocycles. The Balaban J connectivity index is 1.05. The van der Waals surface area contributed by atoms with E-state index in [1.807, 2.05) is 6.92 Å². The monoisotopic (exact) mass is 1740 g/mol. The minimum absolute atomic E-state index is 0.126. The zero-order chi connectivity index (χ0) is 87.5. The Morgan fingerprint density at radius 3 is 1.98 bits per heavy atom. The maximum atomic E-state index is 16.4. The number of phenolic OH excluding ortho intramolecular Hbond substituents is 3. The summed E-state index contributed by atoms with van der Waals surface area (Å²) in [6, 6.07) is 3.07. The molecule has 38 nitrogen and oxygen atoms in total. The lowest BCUT2D eigenvalue weighted by Gasteiger charge is -2.46. The van der Waals surface area contributed by atoms with E-state index in [0.29, 0.717) is 12.4 Å². The molecule has 0 spiro atoms. The van der Waals surface area contributed by atoms with Gasteiger partial charge in [0, 0.05) is 35.2 Å². The van der Waals surface area contributed by atoms with Crippen LogP contribution in [0.3, 0.4) is 0 Å². The van der Waals surface area contributed by atoms with E-state index >= 15 is 24.0 Å². The molecule has 14 rings (SSSR count). The second-order valence-electron chi connectivity index (χ2n) is 30.6. The molecule has 0 unspecified atom stereocenters. The van der Waals surface area contributed by atoms with Gasteiger partial charge in [-0.3, -0.25) is 33.6 Å². The predicted molar refractivity (Wildman–Crippen MR) is 423 cm³/mol. The average molecular weight is 1740 g/mol. The van der Waals surface area contributed by atoms with Gasteiger partial charge in [-0.05, 0) is 147 Å². The van der Waals surface area contributed by atoms with Gasteiger partial charge in [0.05, 0.1) is 52.3 Å². The maximum Gasteiger partial charge on any atom is 0.408 e. The van der Waals surface area contributed by atoms with Gasteiger partial charge in [-0.15, -0.1) is 0 Å². The number of carboxylic acid groups (broad SMARTS) is 1. The Hall–Kier alpha value is -10.9. The van der Waals surface area contributed by atoms with Crippen molar-refractivity contribution in [1.82, 2.24) is 47.3 Å². The van der Waals surface area contributed by atoms with Gasteiger partial charge in [0.1, 0.15) is 95.2 Å². The number of aliphatic hydroxyl groups excluding tert-OH is 5. The van der Waals surface area contributed by atoms with Crippen molar-refractivity contribution in [3.63, 3.8) is 0 Å². The number of halogens is 2. The molecular formula is C80H92Cl2N10O28S. The van der Waals surface area contributed by atoms with Crippen molar-refractivity contribution in [2.24, 2.45) is 11.7 Å². The van der Waals surface area contributed by atoms with Gasteiger partial charge >= 0.3 is 12.1 Å². The van der Waals surface area contributed by atoms with E-state index in [-0.39, 0.29) is 40.5 Å². The van der Waals surface area contributed by atoms with Crippen molar-refractivity contribution in [3.05, 3.63) is 140 Å². The van der Waals surface area contributed by atoms with E-state index in [1.165, 1.54) is 43.4 Å². The number of nitrogens with one attached hydrogen (secondary N) is 9. The lowest BCUT2D eigenvalue weighted by Crippen LogP contribution is -2.63. The molecule has 0 aromatic heterocycles. The number of aliphatic hydroxyl groups is 5. The normalized spacial score (nSPS) is 27.0. The largest absolute Gasteiger partial charge is 0.508 e. The number of primary amides is 1. The van der Waals surface area contributed by atoms with Gasteiger partial charge in [0.25, 0.3) is 0 Å². The highest BCUT2D eigenvalue weighted by molar-refractivity contribution is 7.89. The number of carbonyl (C=O) groups excluding carboxylic acids is 8. The molecule has 3 fully saturated rings. The van der Waals surface area contributed by atoms with Crippen molar-refractivity contribution in [3.8, 4) is 62.9 Å². The summed E-state index contributed by atoms with van der Waals surface area (Å²) in [7, 11) is -2.90. The number of amides is 8. The highest BCUT2D eigenvalue weighted by Gasteiger charge is 2.56. The second kappa shape index (κ2) is 37.2. The molecule has 3 saturated heterocycles. The first-order valence-electron chi connectivity index (χ1n) is 38.6. The number of hydrogen-bond donors (Lipinski definition) is 19. The van der Waals surface area contributed by atoms with Crippen LogP contribution in [0.4, 0.5) is 4.79 Å². The fraction of sp³-hybridized carbons (Fsp3) is 0.438. The number of phenols is 3. The van der Waals surface area contributed by atoms with Gasteiger partial charge in [0.15, 0.2) is 36.0 Å². The highest BCUT2D eigenvalue weighted by Crippen LogP contribution is 2.51. The SMILES string of the molecule is CCCCCOc1ccc(S(=O)(=O)NCCc2c(O)cc3c(c2O)-c2cc(ccc2O)[C@H]2NC(=O)[C@@H]4NC(=O)[C@H](CC(N)=O)NC(=O)[C@H](NC(=O)[C@@H](CC(C)C)NC)[C@H](O)c5ccc(c(Cl)c5)Oc5cc4cc(c5O[C@@H]4O[C@H](CO)[C@@H](O)[C@H](O)[C@H]4O[C@H]4C[C@]5(C)NC(=O)O[C@@H]5[C@H](C)O4)Oc4ccc(cc4Cl)[C@@H](O)[C@H](NC2=O)C(=O)N[C@@H]3C(=O)O)cc1. The Kier molecular flexibility index (Phi) is 27.5. The van der Waals surface area contributed by atoms with Crippen molar-refractivity contribution in [2.75, 3.05) is 26.8 Å². The lowest BCUT2D eigenvalue weighted by molar-refractivity contribution is -0.332. The number of alkyl carbamates (subject to hydrolysis) is 1. The Bertz CT molecular complexity index is 5110. The van der Waals surface area contributed by atoms with Crippen molar-refractivity contribution in [1.29, 1.82) is 0 Å². The van der Waals surface area contributed by atoms with Crippen molar-refractivity contribution < 1.29 is 135 Å². The number of aliphatic carboxylic acids is 1. The summed E-state index contributed by atoms with van der Waals surface area (Å²) in [5.74, 6) is -16.6. The highest BCUT2D eigenvalue weighted by atomic mass is 35.5. The van der Waals surface area contributed by atoms with Crippen LogP contribution < -0.4 is 71.9 Å². The van der Waals surface area contributed by atoms with Gasteiger partial charge in [-0.2, -0.15) is 0 Å². The van der Waals surface area contributed by atoms with E-state index < -0.39 is 282 Å². The number of hydrogen-bond acceptors (Lipinski definition) is 28. The van der Waals surface area contributed by atoms with E-state index in [2.05, 4.69) is 47.3 Å². The van der Waals surface area contributed by atoms with Crippen LogP contribution in [0, 0.1) is 5.92 Å². The molecule has 6 aromatic carbocycles. The van der Waals surface area contributed by atoms with Crippen LogP contribution in [0.1, 0.15) is 137 Å². The number of carbonyl (C=O) groups is 9. The lowest BCUT2D eigenvalue weighted by atomic mass is 9.86. The summed E-state index contributed by atoms with van der Waals surface area (Å²) in [5.41, 5.74) is 0.686. The third-order valence-electron chi connectivity index (χ3n) is 21.4. The molecule has 20 N–H and O–H groups in total. The minimum atomic E-state index is -4.36. The van der Waals surface area contributed by atoms with Gasteiger partial charge in [0.2, 0.25) is 63.4 Å². The van der Waals surface area contributed by atoms with Crippen LogP contribution in [-0.2, 0) is 73.7 Å². The number of benzene rings is 6. The number of unbranched alkanes of at least 4 members (excludes halogenated alkanes) is 2. The van der Waals surface area contributed by atoms with Gasteiger partial charge in [-0.25, -0.2) is 22.7 Å². The molecule has 6 aromatic rings. The van der Waals surface area contributed by atoms with E-state index in [4.69, 9.17) is 66.8 Å². The summed E-state index contributed by atoms with van der Waals surface area (Å²) in [5, 5.41) is 126. The summed E-state index contributed by atoms with van der Waals surface area (Å²) >= 11 is 14.3. The Morgan fingerprint density at radius 2 is 1.36 bits per heavy atom. The molecule has 11 bridgehead atoms. The standard InChI is InChI=1S/C80H92Cl2N10O28S/c1-7-8-9-22-113-39-13-15-40(16-14-39)121(111,112)85-21-20-41-49(95)29-43-57(65(41)99)42-24-35(10-17-48(42)94)58-73(104)91-62(76(107)89-60(43)77(108)109)64(98)37-12-19-51(45(82)26-37)116-53-28-38-27-52(68(53)119-78-69(67(101)66(100)54(32-93)117-78)118-56-31-80(5)70(34(4)114-56)120-79(110)92-80)115-50-18-11-36(25-44(50)81)63(97)61(90-71(102)46(84-6)23-33(2)3)75(106)86-47(30-55(83)96)72(103)87-59(38)74(105)88-58/h10-19,24-29,33-34,46-47,54,56,58-64,66-67,69-70,78,84-85,93-95,97-101H,7-9,20-23,30-32H2,1-6H3,(H2,83,96)(H,86,106)(H,87,103)(H,88,105)(H,89,107)(H,90,102)(H,91,104)(H,92,110)(H,108,109)/t34-,46+,47-,54+,56-,58+,59+,60-,61+,62-,63+,64+,66+,67-,69+,70+,78-,80-/m0/s1. The molecule has 0 saturated carbocycles. The van der Waals surface area contributed by atoms with E-state index in [1.54, 1.807) is 27.7 Å². The summed E-state index contributed by atoms with van der Waals surface area (Å²) in [6.07, 6.45) is -17.2. The van der Waals surface area contributed by atoms with E-state index in [9.17, 15) is 73.6 Å². The van der Waals surface area contributed by atoms with Gasteiger partial charge < -0.3 is 132 Å². The third kappa shape index (κ3) is 19.5. The predicted octanol–water partition coefficient (Wildman–Crippen LogP) is 2.99. The second-order valence-corrected chi connectivity index (χ2v) is 33.1. The van der Waals surface area contributed by atoms with Crippen molar-refractivity contribution >= 4 is 86.6 Å². The first kappa shape index (κ1) is 89.3. The number of carboxylic acids is 1. The quantitative estimate of drug-likeness (QED) is 0.0410. The fourth-order valence-corrected chi connectivity index (χ4v) is 16.6. The molecule has 8 heterocycles. The topological polar surface area (TPSA) is 578 Å². The molecular weight excluding hydrogens is 1650 g/mol. The molecule has 650 valence electrons. The van der Waals surface area contributed by atoms with Gasteiger partial charge in [-0.1, -0.05) is 75.0 Å². The number of fused-ring (bicyclic) bond motifs is 16. The van der Waals surface area contributed by atoms with Crippen LogP contribution >= 0.6 is 23.2 Å².